The van der Waals surface area contributed by atoms with E-state index in [0.29, 0.717) is 6.54 Å². The van der Waals surface area contributed by atoms with Crippen molar-refractivity contribution in [2.75, 3.05) is 13.1 Å². The lowest BCUT2D eigenvalue weighted by Gasteiger charge is -2.12. The molecule has 0 aliphatic heterocycles. The number of halogens is 1. The van der Waals surface area contributed by atoms with Crippen molar-refractivity contribution in [2.45, 2.75) is 33.4 Å². The maximum Gasteiger partial charge on any atom is 0.191 e. The van der Waals surface area contributed by atoms with Crippen molar-refractivity contribution in [3.8, 4) is 5.69 Å². The third kappa shape index (κ3) is 5.75. The lowest BCUT2D eigenvalue weighted by atomic mass is 10.3. The second-order valence-electron chi connectivity index (χ2n) is 5.87. The maximum atomic E-state index is 4.63. The van der Waals surface area contributed by atoms with Gasteiger partial charge in [-0.1, -0.05) is 25.1 Å². The zero-order chi connectivity index (χ0) is 18.9. The van der Waals surface area contributed by atoms with Gasteiger partial charge in [-0.05, 0) is 19.1 Å². The molecule has 28 heavy (non-hydrogen) atoms. The molecule has 3 aromatic rings. The van der Waals surface area contributed by atoms with Gasteiger partial charge >= 0.3 is 0 Å². The average Bonchev–Trinajstić information content (AvgIpc) is 3.35. The molecule has 0 radical (unpaired) electrons. The number of rotatable bonds is 8. The number of hydrogen-bond donors (Lipinski definition) is 2. The highest BCUT2D eigenvalue weighted by Crippen LogP contribution is 2.09. The second-order valence-corrected chi connectivity index (χ2v) is 5.87. The van der Waals surface area contributed by atoms with E-state index >= 15 is 0 Å². The SMILES string of the molecule is CCNC(=NCc1nncn1-c1ccccc1)NCCn1cnnc1CC.I. The van der Waals surface area contributed by atoms with Crippen LogP contribution in [0.3, 0.4) is 0 Å². The first-order chi connectivity index (χ1) is 13.3. The van der Waals surface area contributed by atoms with E-state index in [1.54, 1.807) is 12.7 Å². The van der Waals surface area contributed by atoms with E-state index in [9.17, 15) is 0 Å². The summed E-state index contributed by atoms with van der Waals surface area (Å²) in [5, 5.41) is 22.9. The molecule has 2 aromatic heterocycles. The minimum Gasteiger partial charge on any atom is -0.357 e. The molecule has 0 aliphatic rings. The molecular formula is C18H26IN9. The minimum absolute atomic E-state index is 0. The Morgan fingerprint density at radius 3 is 2.50 bits per heavy atom. The van der Waals surface area contributed by atoms with Crippen LogP contribution in [0, 0.1) is 0 Å². The van der Waals surface area contributed by atoms with Crippen molar-refractivity contribution in [3.05, 3.63) is 54.6 Å². The summed E-state index contributed by atoms with van der Waals surface area (Å²) in [5.41, 5.74) is 1.02. The van der Waals surface area contributed by atoms with E-state index in [1.165, 1.54) is 0 Å². The van der Waals surface area contributed by atoms with E-state index in [-0.39, 0.29) is 24.0 Å². The number of aryl methyl sites for hydroxylation is 1. The Kier molecular flexibility index (Phi) is 8.85. The van der Waals surface area contributed by atoms with Gasteiger partial charge in [0, 0.05) is 31.7 Å². The van der Waals surface area contributed by atoms with Crippen LogP contribution >= 0.6 is 24.0 Å². The fraction of sp³-hybridized carbons (Fsp3) is 0.389. The quantitative estimate of drug-likeness (QED) is 0.281. The van der Waals surface area contributed by atoms with Crippen LogP contribution in [0.1, 0.15) is 25.5 Å². The summed E-state index contributed by atoms with van der Waals surface area (Å²) in [5.74, 6) is 2.51. The number of para-hydroxylation sites is 1. The van der Waals surface area contributed by atoms with Gasteiger partial charge in [0.25, 0.3) is 0 Å². The predicted molar refractivity (Wildman–Crippen MR) is 119 cm³/mol. The Hall–Kier alpha value is -2.50. The average molecular weight is 495 g/mol. The Morgan fingerprint density at radius 1 is 1.00 bits per heavy atom. The van der Waals surface area contributed by atoms with Crippen LogP contribution in [0.5, 0.6) is 0 Å². The fourth-order valence-electron chi connectivity index (χ4n) is 2.70. The van der Waals surface area contributed by atoms with Crippen LogP contribution in [0.4, 0.5) is 0 Å². The van der Waals surface area contributed by atoms with E-state index in [4.69, 9.17) is 0 Å². The molecule has 0 amide bonds. The lowest BCUT2D eigenvalue weighted by molar-refractivity contribution is 0.632. The molecule has 10 heteroatoms. The fourth-order valence-corrected chi connectivity index (χ4v) is 2.70. The van der Waals surface area contributed by atoms with Crippen LogP contribution in [0.2, 0.25) is 0 Å². The number of nitrogens with one attached hydrogen (secondary N) is 2. The van der Waals surface area contributed by atoms with Crippen LogP contribution in [0.15, 0.2) is 48.0 Å². The van der Waals surface area contributed by atoms with Crippen molar-refractivity contribution in [1.82, 2.24) is 40.2 Å². The molecule has 2 heterocycles. The van der Waals surface area contributed by atoms with E-state index in [2.05, 4.69) is 42.9 Å². The highest BCUT2D eigenvalue weighted by atomic mass is 127. The second kappa shape index (κ2) is 11.4. The number of nitrogens with zero attached hydrogens (tertiary/aromatic N) is 7. The molecule has 0 saturated heterocycles. The zero-order valence-electron chi connectivity index (χ0n) is 16.1. The molecule has 0 saturated carbocycles. The summed E-state index contributed by atoms with van der Waals surface area (Å²) >= 11 is 0. The molecule has 0 unspecified atom stereocenters. The van der Waals surface area contributed by atoms with Gasteiger partial charge in [0.1, 0.15) is 25.0 Å². The Bertz CT molecular complexity index is 857. The summed E-state index contributed by atoms with van der Waals surface area (Å²) in [4.78, 5) is 4.63. The molecule has 0 aliphatic carbocycles. The van der Waals surface area contributed by atoms with Crippen molar-refractivity contribution >= 4 is 29.9 Å². The van der Waals surface area contributed by atoms with E-state index in [1.807, 2.05) is 46.4 Å². The largest absolute Gasteiger partial charge is 0.357 e. The van der Waals surface area contributed by atoms with Crippen LogP contribution in [0.25, 0.3) is 5.69 Å². The van der Waals surface area contributed by atoms with Gasteiger partial charge in [0.05, 0.1) is 0 Å². The molecule has 0 bridgehead atoms. The number of hydrogen-bond acceptors (Lipinski definition) is 5. The van der Waals surface area contributed by atoms with Crippen LogP contribution in [-0.4, -0.2) is 48.6 Å². The molecule has 2 N–H and O–H groups in total. The molecule has 1 aromatic carbocycles. The molecule has 150 valence electrons. The first-order valence-corrected chi connectivity index (χ1v) is 9.15. The van der Waals surface area contributed by atoms with Gasteiger partial charge in [-0.25, -0.2) is 4.99 Å². The van der Waals surface area contributed by atoms with Gasteiger partial charge in [-0.3, -0.25) is 4.57 Å². The Morgan fingerprint density at radius 2 is 1.75 bits per heavy atom. The normalized spacial score (nSPS) is 11.1. The van der Waals surface area contributed by atoms with Crippen molar-refractivity contribution in [1.29, 1.82) is 0 Å². The first kappa shape index (κ1) is 21.8. The van der Waals surface area contributed by atoms with Gasteiger partial charge in [-0.15, -0.1) is 44.4 Å². The smallest absolute Gasteiger partial charge is 0.191 e. The summed E-state index contributed by atoms with van der Waals surface area (Å²) in [6.07, 6.45) is 4.33. The molecule has 9 nitrogen and oxygen atoms in total. The first-order valence-electron chi connectivity index (χ1n) is 9.15. The van der Waals surface area contributed by atoms with E-state index in [0.717, 1.165) is 49.4 Å². The summed E-state index contributed by atoms with van der Waals surface area (Å²) < 4.78 is 3.99. The van der Waals surface area contributed by atoms with Gasteiger partial charge < -0.3 is 15.2 Å². The third-order valence-electron chi connectivity index (χ3n) is 4.03. The topological polar surface area (TPSA) is 97.8 Å². The molecule has 0 spiro atoms. The zero-order valence-corrected chi connectivity index (χ0v) is 18.4. The van der Waals surface area contributed by atoms with E-state index < -0.39 is 0 Å². The van der Waals surface area contributed by atoms with Gasteiger partial charge in [0.15, 0.2) is 11.8 Å². The monoisotopic (exact) mass is 495 g/mol. The van der Waals surface area contributed by atoms with Gasteiger partial charge in [-0.2, -0.15) is 0 Å². The Balaban J connectivity index is 0.00000280. The summed E-state index contributed by atoms with van der Waals surface area (Å²) in [7, 11) is 0. The highest BCUT2D eigenvalue weighted by Gasteiger charge is 2.07. The number of aromatic nitrogens is 6. The van der Waals surface area contributed by atoms with Crippen molar-refractivity contribution in [2.24, 2.45) is 4.99 Å². The number of aliphatic imine (C=N–C) groups is 1. The predicted octanol–water partition coefficient (Wildman–Crippen LogP) is 1.79. The van der Waals surface area contributed by atoms with Crippen molar-refractivity contribution < 1.29 is 0 Å². The summed E-state index contributed by atoms with van der Waals surface area (Å²) in [6, 6.07) is 10.0. The molecule has 0 atom stereocenters. The van der Waals surface area contributed by atoms with Crippen LogP contribution in [-0.2, 0) is 19.5 Å². The lowest BCUT2D eigenvalue weighted by Crippen LogP contribution is -2.39. The molecule has 3 rings (SSSR count). The third-order valence-corrected chi connectivity index (χ3v) is 4.03. The number of benzene rings is 1. The standard InChI is InChI=1S/C18H25N9.HI/c1-3-16-24-22-13-26(16)11-10-20-18(19-4-2)21-12-17-25-23-14-27(17)15-8-6-5-7-9-15;/h5-9,13-14H,3-4,10-12H2,1-2H3,(H2,19,20,21);1H. The minimum atomic E-state index is 0. The maximum absolute atomic E-state index is 4.63. The highest BCUT2D eigenvalue weighted by molar-refractivity contribution is 14.0. The van der Waals surface area contributed by atoms with Crippen LogP contribution < -0.4 is 10.6 Å². The summed E-state index contributed by atoms with van der Waals surface area (Å²) in [6.45, 7) is 6.82. The van der Waals surface area contributed by atoms with Gasteiger partial charge in [0.2, 0.25) is 0 Å². The number of guanidine groups is 1. The molecular weight excluding hydrogens is 469 g/mol. The Labute approximate surface area is 181 Å². The molecule has 0 fully saturated rings. The van der Waals surface area contributed by atoms with Crippen molar-refractivity contribution in [3.63, 3.8) is 0 Å².